The van der Waals surface area contributed by atoms with Crippen molar-refractivity contribution in [2.24, 2.45) is 5.41 Å². The predicted octanol–water partition coefficient (Wildman–Crippen LogP) is 2.37. The fraction of sp³-hybridized carbons (Fsp3) is 0.529. The van der Waals surface area contributed by atoms with Gasteiger partial charge in [-0.15, -0.1) is 0 Å². The standard InChI is InChI=1S/C17H20ClNO4/c18-13-3-1-12(2-4-13)16(7-9-23-10-8-16)11-19-14(20)17(5-6-17)15(21)22/h1-4H,5-11H2,(H,19,20)(H,21,22). The number of hydrogen-bond acceptors (Lipinski definition) is 3. The van der Waals surface area contributed by atoms with Crippen molar-refractivity contribution in [2.45, 2.75) is 31.1 Å². The van der Waals surface area contributed by atoms with E-state index in [0.717, 1.165) is 18.4 Å². The molecule has 1 aromatic carbocycles. The van der Waals surface area contributed by atoms with Crippen LogP contribution >= 0.6 is 11.6 Å². The monoisotopic (exact) mass is 337 g/mol. The molecule has 0 unspecified atom stereocenters. The molecule has 23 heavy (non-hydrogen) atoms. The third-order valence-electron chi connectivity index (χ3n) is 5.09. The molecule has 5 nitrogen and oxygen atoms in total. The molecule has 2 aliphatic rings. The molecular weight excluding hydrogens is 318 g/mol. The second-order valence-electron chi connectivity index (χ2n) is 6.47. The molecule has 3 rings (SSSR count). The van der Waals surface area contributed by atoms with Crippen LogP contribution in [0.25, 0.3) is 0 Å². The van der Waals surface area contributed by atoms with Gasteiger partial charge in [-0.05, 0) is 43.4 Å². The Morgan fingerprint density at radius 3 is 2.26 bits per heavy atom. The number of benzene rings is 1. The topological polar surface area (TPSA) is 75.6 Å². The van der Waals surface area contributed by atoms with E-state index in [-0.39, 0.29) is 11.3 Å². The van der Waals surface area contributed by atoms with Crippen molar-refractivity contribution in [1.82, 2.24) is 5.32 Å². The van der Waals surface area contributed by atoms with Gasteiger partial charge in [0.25, 0.3) is 0 Å². The summed E-state index contributed by atoms with van der Waals surface area (Å²) in [5.74, 6) is -1.40. The number of halogens is 1. The van der Waals surface area contributed by atoms with Crippen molar-refractivity contribution in [3.8, 4) is 0 Å². The van der Waals surface area contributed by atoms with E-state index in [2.05, 4.69) is 5.32 Å². The molecule has 0 radical (unpaired) electrons. The highest BCUT2D eigenvalue weighted by molar-refractivity contribution is 6.30. The average molecular weight is 338 g/mol. The van der Waals surface area contributed by atoms with Gasteiger partial charge in [-0.2, -0.15) is 0 Å². The fourth-order valence-electron chi connectivity index (χ4n) is 3.21. The Morgan fingerprint density at radius 1 is 1.13 bits per heavy atom. The zero-order chi connectivity index (χ0) is 16.5. The zero-order valence-corrected chi connectivity index (χ0v) is 13.6. The highest BCUT2D eigenvalue weighted by Gasteiger charge is 2.57. The highest BCUT2D eigenvalue weighted by atomic mass is 35.5. The van der Waals surface area contributed by atoms with Crippen molar-refractivity contribution >= 4 is 23.5 Å². The summed E-state index contributed by atoms with van der Waals surface area (Å²) in [6.07, 6.45) is 2.42. The number of carbonyl (C=O) groups excluding carboxylic acids is 1. The second-order valence-corrected chi connectivity index (χ2v) is 6.91. The molecule has 2 N–H and O–H groups in total. The number of aliphatic carboxylic acids is 1. The molecule has 1 aliphatic heterocycles. The Kier molecular flexibility index (Phi) is 4.34. The van der Waals surface area contributed by atoms with Gasteiger partial charge in [0.1, 0.15) is 5.41 Å². The quantitative estimate of drug-likeness (QED) is 0.809. The first-order valence-corrected chi connectivity index (χ1v) is 8.22. The van der Waals surface area contributed by atoms with Gasteiger partial charge in [0.05, 0.1) is 0 Å². The van der Waals surface area contributed by atoms with Crippen LogP contribution in [0.15, 0.2) is 24.3 Å². The smallest absolute Gasteiger partial charge is 0.319 e. The molecule has 1 amide bonds. The average Bonchev–Trinajstić information content (AvgIpc) is 3.36. The van der Waals surface area contributed by atoms with E-state index in [4.69, 9.17) is 16.3 Å². The first-order valence-electron chi connectivity index (χ1n) is 7.84. The van der Waals surface area contributed by atoms with Gasteiger partial charge in [0.2, 0.25) is 5.91 Å². The van der Waals surface area contributed by atoms with Gasteiger partial charge in [-0.25, -0.2) is 0 Å². The molecule has 6 heteroatoms. The first kappa shape index (κ1) is 16.3. The Bertz CT molecular complexity index is 604. The Morgan fingerprint density at radius 2 is 1.74 bits per heavy atom. The molecule has 1 aromatic rings. The normalized spacial score (nSPS) is 21.4. The van der Waals surface area contributed by atoms with Gasteiger partial charge in [0, 0.05) is 30.2 Å². The molecule has 1 aliphatic carbocycles. The van der Waals surface area contributed by atoms with Crippen LogP contribution in [0, 0.1) is 5.41 Å². The highest BCUT2D eigenvalue weighted by Crippen LogP contribution is 2.46. The van der Waals surface area contributed by atoms with Crippen LogP contribution in [-0.2, 0) is 19.7 Å². The molecule has 0 aromatic heterocycles. The van der Waals surface area contributed by atoms with Gasteiger partial charge in [-0.1, -0.05) is 23.7 Å². The van der Waals surface area contributed by atoms with Gasteiger partial charge in [-0.3, -0.25) is 9.59 Å². The molecule has 1 saturated heterocycles. The van der Waals surface area contributed by atoms with Crippen LogP contribution in [0.3, 0.4) is 0 Å². The number of carbonyl (C=O) groups is 2. The SMILES string of the molecule is O=C(O)C1(C(=O)NCC2(c3ccc(Cl)cc3)CCOCC2)CC1. The molecule has 0 spiro atoms. The number of hydrogen-bond donors (Lipinski definition) is 2. The number of amides is 1. The van der Waals surface area contributed by atoms with Gasteiger partial charge in [0.15, 0.2) is 0 Å². The summed E-state index contributed by atoms with van der Waals surface area (Å²) >= 11 is 5.97. The van der Waals surface area contributed by atoms with E-state index in [1.807, 2.05) is 24.3 Å². The largest absolute Gasteiger partial charge is 0.480 e. The van der Waals surface area contributed by atoms with Crippen molar-refractivity contribution in [1.29, 1.82) is 0 Å². The molecular formula is C17H20ClNO4. The maximum absolute atomic E-state index is 12.3. The number of rotatable bonds is 5. The third kappa shape index (κ3) is 3.08. The van der Waals surface area contributed by atoms with E-state index in [1.165, 1.54) is 0 Å². The van der Waals surface area contributed by atoms with Gasteiger partial charge >= 0.3 is 5.97 Å². The minimum Gasteiger partial charge on any atom is -0.480 e. The summed E-state index contributed by atoms with van der Waals surface area (Å²) in [6.45, 7) is 1.68. The summed E-state index contributed by atoms with van der Waals surface area (Å²) in [4.78, 5) is 23.6. The van der Waals surface area contributed by atoms with Gasteiger partial charge < -0.3 is 15.2 Å². The first-order chi connectivity index (χ1) is 11.0. The summed E-state index contributed by atoms with van der Waals surface area (Å²) < 4.78 is 5.46. The summed E-state index contributed by atoms with van der Waals surface area (Å²) in [5, 5.41) is 12.8. The minimum absolute atomic E-state index is 0.229. The predicted molar refractivity (Wildman–Crippen MR) is 85.5 cm³/mol. The van der Waals surface area contributed by atoms with Crippen LogP contribution in [-0.4, -0.2) is 36.7 Å². The van der Waals surface area contributed by atoms with Crippen molar-refractivity contribution in [2.75, 3.05) is 19.8 Å². The number of ether oxygens (including phenoxy) is 1. The van der Waals surface area contributed by atoms with Crippen molar-refractivity contribution < 1.29 is 19.4 Å². The second kappa shape index (κ2) is 6.13. The van der Waals surface area contributed by atoms with Crippen LogP contribution in [0.2, 0.25) is 5.02 Å². The lowest BCUT2D eigenvalue weighted by molar-refractivity contribution is -0.149. The zero-order valence-electron chi connectivity index (χ0n) is 12.8. The Balaban J connectivity index is 1.76. The molecule has 0 bridgehead atoms. The van der Waals surface area contributed by atoms with E-state index in [0.29, 0.717) is 37.6 Å². The van der Waals surface area contributed by atoms with Crippen LogP contribution in [0.1, 0.15) is 31.2 Å². The number of carboxylic acids is 1. The van der Waals surface area contributed by atoms with E-state index >= 15 is 0 Å². The van der Waals surface area contributed by atoms with Crippen LogP contribution in [0.4, 0.5) is 0 Å². The molecule has 1 saturated carbocycles. The van der Waals surface area contributed by atoms with Crippen molar-refractivity contribution in [3.63, 3.8) is 0 Å². The molecule has 2 fully saturated rings. The number of carboxylic acid groups (broad SMARTS) is 1. The Labute approximate surface area is 140 Å². The van der Waals surface area contributed by atoms with Crippen LogP contribution in [0.5, 0.6) is 0 Å². The molecule has 124 valence electrons. The summed E-state index contributed by atoms with van der Waals surface area (Å²) in [7, 11) is 0. The van der Waals surface area contributed by atoms with Crippen molar-refractivity contribution in [3.05, 3.63) is 34.9 Å². The van der Waals surface area contributed by atoms with E-state index in [9.17, 15) is 14.7 Å². The Hall–Kier alpha value is -1.59. The van der Waals surface area contributed by atoms with E-state index in [1.54, 1.807) is 0 Å². The molecule has 0 atom stereocenters. The maximum atomic E-state index is 12.3. The summed E-state index contributed by atoms with van der Waals surface area (Å²) in [5.41, 5.74) is -0.329. The van der Waals surface area contributed by atoms with Crippen LogP contribution < -0.4 is 5.32 Å². The summed E-state index contributed by atoms with van der Waals surface area (Å²) in [6, 6.07) is 7.64. The number of nitrogens with one attached hydrogen (secondary N) is 1. The molecule has 1 heterocycles. The lowest BCUT2D eigenvalue weighted by Crippen LogP contribution is -2.47. The fourth-order valence-corrected chi connectivity index (χ4v) is 3.34. The maximum Gasteiger partial charge on any atom is 0.319 e. The minimum atomic E-state index is -1.20. The third-order valence-corrected chi connectivity index (χ3v) is 5.34. The van der Waals surface area contributed by atoms with E-state index < -0.39 is 11.4 Å². The lowest BCUT2D eigenvalue weighted by atomic mass is 9.74. The lowest BCUT2D eigenvalue weighted by Gasteiger charge is -2.38.